The third kappa shape index (κ3) is 2.76. The number of piperidine rings is 1. The molecule has 3 aliphatic rings. The number of aryl methyl sites for hydroxylation is 1. The molecule has 0 aromatic heterocycles. The van der Waals surface area contributed by atoms with Crippen LogP contribution >= 0.6 is 0 Å². The van der Waals surface area contributed by atoms with Gasteiger partial charge in [-0.3, -0.25) is 0 Å². The average Bonchev–Trinajstić information content (AvgIpc) is 2.62. The van der Waals surface area contributed by atoms with Gasteiger partial charge in [0.1, 0.15) is 5.84 Å². The summed E-state index contributed by atoms with van der Waals surface area (Å²) in [4.78, 5) is 2.44. The van der Waals surface area contributed by atoms with Crippen LogP contribution in [0.15, 0.2) is 58.8 Å². The zero-order valence-electron chi connectivity index (χ0n) is 13.7. The number of likely N-dealkylation sites (tertiary alicyclic amines) is 1. The van der Waals surface area contributed by atoms with Crippen LogP contribution in [0.2, 0.25) is 0 Å². The van der Waals surface area contributed by atoms with Crippen molar-refractivity contribution in [3.8, 4) is 0 Å². The lowest BCUT2D eigenvalue weighted by Gasteiger charge is -2.37. The lowest BCUT2D eigenvalue weighted by atomic mass is 9.80. The third-order valence-electron chi connectivity index (χ3n) is 5.04. The first kappa shape index (κ1) is 14.4. The van der Waals surface area contributed by atoms with Gasteiger partial charge in [0.15, 0.2) is 0 Å². The molecule has 1 saturated heterocycles. The molecule has 0 N–H and O–H groups in total. The summed E-state index contributed by atoms with van der Waals surface area (Å²) in [6, 6.07) is 8.63. The van der Waals surface area contributed by atoms with E-state index in [1.165, 1.54) is 30.4 Å². The highest BCUT2D eigenvalue weighted by Crippen LogP contribution is 2.31. The first-order valence-corrected chi connectivity index (χ1v) is 8.65. The third-order valence-corrected chi connectivity index (χ3v) is 5.04. The van der Waals surface area contributed by atoms with E-state index < -0.39 is 0 Å². The Morgan fingerprint density at radius 1 is 0.870 bits per heavy atom. The van der Waals surface area contributed by atoms with Gasteiger partial charge in [0.2, 0.25) is 0 Å². The second-order valence-corrected chi connectivity index (χ2v) is 6.68. The van der Waals surface area contributed by atoms with Crippen LogP contribution in [0.3, 0.4) is 0 Å². The highest BCUT2D eigenvalue weighted by molar-refractivity contribution is 6.08. The van der Waals surface area contributed by atoms with Gasteiger partial charge in [0.05, 0.1) is 5.71 Å². The fourth-order valence-electron chi connectivity index (χ4n) is 3.73. The molecule has 3 nitrogen and oxygen atoms in total. The van der Waals surface area contributed by atoms with Crippen LogP contribution in [0.5, 0.6) is 0 Å². The maximum atomic E-state index is 4.66. The standard InChI is InChI=1S/C20H23N3/c1-15-9-11-16(12-10-15)19-17-7-3-4-8-18(17)20(22-21-19)23-13-5-2-6-14-23/h3-4,7-12,17-18H,2,5-6,13-14H2,1H3. The number of fused-ring (bicyclic) bond motifs is 1. The van der Waals surface area contributed by atoms with Gasteiger partial charge in [0, 0.05) is 24.9 Å². The van der Waals surface area contributed by atoms with Crippen molar-refractivity contribution < 1.29 is 0 Å². The number of allylic oxidation sites excluding steroid dienone is 3. The average molecular weight is 305 g/mol. The molecule has 2 atom stereocenters. The van der Waals surface area contributed by atoms with E-state index in [4.69, 9.17) is 0 Å². The molecule has 0 amide bonds. The van der Waals surface area contributed by atoms with Crippen molar-refractivity contribution in [3.05, 3.63) is 59.7 Å². The molecule has 0 bridgehead atoms. The number of hydrogen-bond donors (Lipinski definition) is 0. The van der Waals surface area contributed by atoms with Crippen molar-refractivity contribution in [1.82, 2.24) is 4.90 Å². The molecule has 3 heteroatoms. The minimum atomic E-state index is 0.303. The zero-order chi connectivity index (χ0) is 15.6. The molecule has 0 spiro atoms. The van der Waals surface area contributed by atoms with Gasteiger partial charge in [-0.05, 0) is 31.7 Å². The van der Waals surface area contributed by atoms with Crippen LogP contribution < -0.4 is 0 Å². The lowest BCUT2D eigenvalue weighted by Crippen LogP contribution is -2.44. The van der Waals surface area contributed by atoms with Crippen molar-refractivity contribution in [1.29, 1.82) is 0 Å². The van der Waals surface area contributed by atoms with Crippen LogP contribution in [-0.2, 0) is 0 Å². The molecule has 118 valence electrons. The lowest BCUT2D eigenvalue weighted by molar-refractivity contribution is 0.325. The van der Waals surface area contributed by atoms with E-state index in [9.17, 15) is 0 Å². The highest BCUT2D eigenvalue weighted by Gasteiger charge is 2.34. The number of hydrogen-bond acceptors (Lipinski definition) is 3. The van der Waals surface area contributed by atoms with E-state index in [2.05, 4.69) is 70.6 Å². The Kier molecular flexibility index (Phi) is 3.86. The second kappa shape index (κ2) is 6.15. The fraction of sp³-hybridized carbons (Fsp3) is 0.400. The summed E-state index contributed by atoms with van der Waals surface area (Å²) < 4.78 is 0. The van der Waals surface area contributed by atoms with E-state index in [0.29, 0.717) is 11.8 Å². The second-order valence-electron chi connectivity index (χ2n) is 6.68. The molecular formula is C20H23N3. The molecule has 23 heavy (non-hydrogen) atoms. The molecule has 2 unspecified atom stereocenters. The van der Waals surface area contributed by atoms with Crippen molar-refractivity contribution in [2.75, 3.05) is 13.1 Å². The molecule has 1 aliphatic carbocycles. The summed E-state index contributed by atoms with van der Waals surface area (Å²) in [7, 11) is 0. The molecule has 1 fully saturated rings. The van der Waals surface area contributed by atoms with Crippen LogP contribution in [0.25, 0.3) is 0 Å². The van der Waals surface area contributed by atoms with Crippen molar-refractivity contribution >= 4 is 11.5 Å². The molecule has 2 aliphatic heterocycles. The van der Waals surface area contributed by atoms with Crippen molar-refractivity contribution in [2.24, 2.45) is 22.0 Å². The van der Waals surface area contributed by atoms with Gasteiger partial charge in [0.25, 0.3) is 0 Å². The number of amidine groups is 1. The van der Waals surface area contributed by atoms with Gasteiger partial charge < -0.3 is 4.90 Å². The Morgan fingerprint density at radius 2 is 1.57 bits per heavy atom. The smallest absolute Gasteiger partial charge is 0.135 e. The minimum absolute atomic E-state index is 0.303. The molecular weight excluding hydrogens is 282 g/mol. The van der Waals surface area contributed by atoms with E-state index in [1.807, 2.05) is 0 Å². The maximum Gasteiger partial charge on any atom is 0.135 e. The SMILES string of the molecule is Cc1ccc(C2=NN=C(N3CCCCC3)C3C=CC=CC23)cc1. The zero-order valence-corrected chi connectivity index (χ0v) is 13.7. The van der Waals surface area contributed by atoms with Gasteiger partial charge in [-0.2, -0.15) is 5.10 Å². The van der Waals surface area contributed by atoms with Gasteiger partial charge in [-0.1, -0.05) is 54.1 Å². The van der Waals surface area contributed by atoms with E-state index >= 15 is 0 Å². The first-order chi connectivity index (χ1) is 11.3. The number of nitrogens with zero attached hydrogens (tertiary/aromatic N) is 3. The number of rotatable bonds is 1. The first-order valence-electron chi connectivity index (χ1n) is 8.65. The van der Waals surface area contributed by atoms with E-state index in [1.54, 1.807) is 0 Å². The van der Waals surface area contributed by atoms with Crippen LogP contribution in [-0.4, -0.2) is 29.5 Å². The molecule has 0 radical (unpaired) electrons. The van der Waals surface area contributed by atoms with E-state index in [-0.39, 0.29) is 0 Å². The quantitative estimate of drug-likeness (QED) is 0.772. The van der Waals surface area contributed by atoms with Gasteiger partial charge in [-0.25, -0.2) is 0 Å². The summed E-state index contributed by atoms with van der Waals surface area (Å²) in [5.41, 5.74) is 3.56. The number of benzene rings is 1. The summed E-state index contributed by atoms with van der Waals surface area (Å²) in [5, 5.41) is 9.31. The normalized spacial score (nSPS) is 26.6. The summed E-state index contributed by atoms with van der Waals surface area (Å²) in [6.45, 7) is 4.36. The van der Waals surface area contributed by atoms with Gasteiger partial charge in [-0.15, -0.1) is 5.10 Å². The largest absolute Gasteiger partial charge is 0.358 e. The van der Waals surface area contributed by atoms with Crippen molar-refractivity contribution in [3.63, 3.8) is 0 Å². The van der Waals surface area contributed by atoms with Crippen LogP contribution in [0.4, 0.5) is 0 Å². The highest BCUT2D eigenvalue weighted by atomic mass is 15.3. The minimum Gasteiger partial charge on any atom is -0.358 e. The Hall–Kier alpha value is -2.16. The molecule has 1 aromatic rings. The molecule has 0 saturated carbocycles. The summed E-state index contributed by atoms with van der Waals surface area (Å²) >= 11 is 0. The maximum absolute atomic E-state index is 4.66. The Labute approximate surface area is 138 Å². The summed E-state index contributed by atoms with van der Waals surface area (Å²) in [5.74, 6) is 1.79. The molecule has 1 aromatic carbocycles. The van der Waals surface area contributed by atoms with E-state index in [0.717, 1.165) is 24.6 Å². The Balaban J connectivity index is 1.71. The Bertz CT molecular complexity index is 688. The van der Waals surface area contributed by atoms with Gasteiger partial charge >= 0.3 is 0 Å². The molecule has 2 heterocycles. The topological polar surface area (TPSA) is 28.0 Å². The monoisotopic (exact) mass is 305 g/mol. The fourth-order valence-corrected chi connectivity index (χ4v) is 3.73. The Morgan fingerprint density at radius 3 is 2.30 bits per heavy atom. The predicted octanol–water partition coefficient (Wildman–Crippen LogP) is 3.96. The summed E-state index contributed by atoms with van der Waals surface area (Å²) in [6.07, 6.45) is 12.7. The van der Waals surface area contributed by atoms with Crippen LogP contribution in [0, 0.1) is 18.8 Å². The van der Waals surface area contributed by atoms with Crippen molar-refractivity contribution in [2.45, 2.75) is 26.2 Å². The molecule has 4 rings (SSSR count). The predicted molar refractivity (Wildman–Crippen MR) is 95.8 cm³/mol. The van der Waals surface area contributed by atoms with Crippen LogP contribution in [0.1, 0.15) is 30.4 Å².